The molecule has 2 heterocycles. The summed E-state index contributed by atoms with van der Waals surface area (Å²) in [6.45, 7) is 3.85. The highest BCUT2D eigenvalue weighted by atomic mass is 32.2. The zero-order chi connectivity index (χ0) is 15.5. The van der Waals surface area contributed by atoms with E-state index in [1.165, 1.54) is 6.07 Å². The van der Waals surface area contributed by atoms with E-state index in [0.29, 0.717) is 19.0 Å². The normalized spacial score (nSPS) is 20.7. The fourth-order valence-electron chi connectivity index (χ4n) is 2.52. The third-order valence-corrected chi connectivity index (χ3v) is 6.49. The number of thiophene rings is 1. The maximum atomic E-state index is 12.3. The molecule has 1 aliphatic rings. The van der Waals surface area contributed by atoms with Gasteiger partial charge in [-0.25, -0.2) is 8.42 Å². The van der Waals surface area contributed by atoms with Gasteiger partial charge in [0.15, 0.2) is 0 Å². The largest absolute Gasteiger partial charge is 0.341 e. The standard InChI is InChI=1S/C13H21N3O3S2/c1-10(15-21(18,19)12-4-3-7-20-12)13(17)16-6-5-11(9-16)8-14-2/h3-4,7,10-11,14-15H,5-6,8-9H2,1-2H3. The molecular formula is C13H21N3O3S2. The highest BCUT2D eigenvalue weighted by molar-refractivity contribution is 7.91. The average molecular weight is 331 g/mol. The van der Waals surface area contributed by atoms with E-state index in [0.717, 1.165) is 24.3 Å². The van der Waals surface area contributed by atoms with Crippen LogP contribution in [0.4, 0.5) is 0 Å². The Hall–Kier alpha value is -0.960. The molecule has 1 amide bonds. The molecule has 2 N–H and O–H groups in total. The third kappa shape index (κ3) is 4.03. The van der Waals surface area contributed by atoms with Crippen LogP contribution >= 0.6 is 11.3 Å². The van der Waals surface area contributed by atoms with Gasteiger partial charge < -0.3 is 10.2 Å². The molecule has 0 aliphatic carbocycles. The molecule has 1 saturated heterocycles. The van der Waals surface area contributed by atoms with E-state index >= 15 is 0 Å². The number of nitrogens with one attached hydrogen (secondary N) is 2. The Morgan fingerprint density at radius 3 is 2.95 bits per heavy atom. The second kappa shape index (κ2) is 6.87. The molecule has 2 rings (SSSR count). The highest BCUT2D eigenvalue weighted by Crippen LogP contribution is 2.18. The molecule has 1 fully saturated rings. The molecule has 21 heavy (non-hydrogen) atoms. The Labute approximate surface area is 129 Å². The van der Waals surface area contributed by atoms with Crippen molar-refractivity contribution in [2.75, 3.05) is 26.7 Å². The Morgan fingerprint density at radius 1 is 1.57 bits per heavy atom. The lowest BCUT2D eigenvalue weighted by molar-refractivity contribution is -0.131. The van der Waals surface area contributed by atoms with E-state index in [2.05, 4.69) is 10.0 Å². The van der Waals surface area contributed by atoms with E-state index in [4.69, 9.17) is 0 Å². The van der Waals surface area contributed by atoms with Gasteiger partial charge in [-0.2, -0.15) is 4.72 Å². The average Bonchev–Trinajstić information content (AvgIpc) is 3.09. The number of nitrogens with zero attached hydrogens (tertiary/aromatic N) is 1. The molecule has 8 heteroatoms. The molecule has 2 unspecified atom stereocenters. The zero-order valence-electron chi connectivity index (χ0n) is 12.2. The summed E-state index contributed by atoms with van der Waals surface area (Å²) in [6.07, 6.45) is 0.955. The summed E-state index contributed by atoms with van der Waals surface area (Å²) in [6, 6.07) is 2.46. The number of likely N-dealkylation sites (tertiary alicyclic amines) is 1. The minimum atomic E-state index is -3.61. The smallest absolute Gasteiger partial charge is 0.250 e. The SMILES string of the molecule is CNCC1CCN(C(=O)C(C)NS(=O)(=O)c2cccs2)C1. The topological polar surface area (TPSA) is 78.5 Å². The fourth-order valence-corrected chi connectivity index (χ4v) is 4.73. The molecule has 0 bridgehead atoms. The summed E-state index contributed by atoms with van der Waals surface area (Å²) in [4.78, 5) is 14.1. The van der Waals surface area contributed by atoms with E-state index in [1.807, 2.05) is 7.05 Å². The highest BCUT2D eigenvalue weighted by Gasteiger charge is 2.31. The first-order valence-corrected chi connectivity index (χ1v) is 9.29. The monoisotopic (exact) mass is 331 g/mol. The molecule has 1 aromatic rings. The summed E-state index contributed by atoms with van der Waals surface area (Å²) in [7, 11) is -1.71. The summed E-state index contributed by atoms with van der Waals surface area (Å²) in [5, 5.41) is 4.81. The minimum absolute atomic E-state index is 0.159. The minimum Gasteiger partial charge on any atom is -0.341 e. The maximum Gasteiger partial charge on any atom is 0.250 e. The quantitative estimate of drug-likeness (QED) is 0.795. The van der Waals surface area contributed by atoms with Crippen molar-refractivity contribution in [3.63, 3.8) is 0 Å². The van der Waals surface area contributed by atoms with E-state index in [9.17, 15) is 13.2 Å². The van der Waals surface area contributed by atoms with Crippen molar-refractivity contribution >= 4 is 27.3 Å². The van der Waals surface area contributed by atoms with Crippen LogP contribution in [-0.4, -0.2) is 51.9 Å². The van der Waals surface area contributed by atoms with Crippen LogP contribution in [0.2, 0.25) is 0 Å². The first-order valence-electron chi connectivity index (χ1n) is 6.93. The van der Waals surface area contributed by atoms with Crippen LogP contribution in [0.1, 0.15) is 13.3 Å². The van der Waals surface area contributed by atoms with Crippen LogP contribution < -0.4 is 10.0 Å². The predicted octanol–water partition coefficient (Wildman–Crippen LogP) is 0.483. The van der Waals surface area contributed by atoms with Gasteiger partial charge in [-0.15, -0.1) is 11.3 Å². The lowest BCUT2D eigenvalue weighted by Gasteiger charge is -2.21. The van der Waals surface area contributed by atoms with E-state index in [-0.39, 0.29) is 10.1 Å². The number of amides is 1. The lowest BCUT2D eigenvalue weighted by atomic mass is 10.1. The molecule has 0 spiro atoms. The Bertz CT molecular complexity index is 571. The molecule has 1 aromatic heterocycles. The molecule has 1 aliphatic heterocycles. The van der Waals surface area contributed by atoms with Gasteiger partial charge in [0.1, 0.15) is 4.21 Å². The van der Waals surface area contributed by atoms with Gasteiger partial charge in [0.2, 0.25) is 5.91 Å². The number of hydrogen-bond acceptors (Lipinski definition) is 5. The van der Waals surface area contributed by atoms with Crippen LogP contribution in [-0.2, 0) is 14.8 Å². The molecular weight excluding hydrogens is 310 g/mol. The van der Waals surface area contributed by atoms with Crippen LogP contribution in [0.25, 0.3) is 0 Å². The van der Waals surface area contributed by atoms with Crippen molar-refractivity contribution in [2.24, 2.45) is 5.92 Å². The third-order valence-electron chi connectivity index (χ3n) is 3.55. The molecule has 0 aromatic carbocycles. The van der Waals surface area contributed by atoms with Crippen LogP contribution in [0.5, 0.6) is 0 Å². The predicted molar refractivity (Wildman–Crippen MR) is 82.7 cm³/mol. The van der Waals surface area contributed by atoms with Crippen molar-refractivity contribution < 1.29 is 13.2 Å². The van der Waals surface area contributed by atoms with Crippen molar-refractivity contribution in [1.82, 2.24) is 14.9 Å². The van der Waals surface area contributed by atoms with Crippen LogP contribution in [0, 0.1) is 5.92 Å². The van der Waals surface area contributed by atoms with E-state index < -0.39 is 16.1 Å². The Kier molecular flexibility index (Phi) is 5.37. The first-order chi connectivity index (χ1) is 9.94. The molecule has 0 saturated carbocycles. The first kappa shape index (κ1) is 16.4. The summed E-state index contributed by atoms with van der Waals surface area (Å²) in [5.74, 6) is 0.286. The van der Waals surface area contributed by atoms with Gasteiger partial charge in [-0.3, -0.25) is 4.79 Å². The number of sulfonamides is 1. The molecule has 6 nitrogen and oxygen atoms in total. The Morgan fingerprint density at radius 2 is 2.33 bits per heavy atom. The lowest BCUT2D eigenvalue weighted by Crippen LogP contribution is -2.46. The van der Waals surface area contributed by atoms with Crippen LogP contribution in [0.3, 0.4) is 0 Å². The summed E-state index contributed by atoms with van der Waals surface area (Å²) >= 11 is 1.14. The van der Waals surface area contributed by atoms with Gasteiger partial charge in [0.05, 0.1) is 6.04 Å². The summed E-state index contributed by atoms with van der Waals surface area (Å²) < 4.78 is 26.9. The van der Waals surface area contributed by atoms with Crippen molar-refractivity contribution in [1.29, 1.82) is 0 Å². The second-order valence-electron chi connectivity index (χ2n) is 5.27. The van der Waals surface area contributed by atoms with Gasteiger partial charge in [0, 0.05) is 13.1 Å². The second-order valence-corrected chi connectivity index (χ2v) is 8.16. The Balaban J connectivity index is 1.95. The van der Waals surface area contributed by atoms with Crippen molar-refractivity contribution in [3.8, 4) is 0 Å². The molecule has 2 atom stereocenters. The number of carbonyl (C=O) groups is 1. The van der Waals surface area contributed by atoms with Gasteiger partial charge in [-0.05, 0) is 44.3 Å². The number of carbonyl (C=O) groups excluding carboxylic acids is 1. The molecule has 118 valence electrons. The summed E-state index contributed by atoms with van der Waals surface area (Å²) in [5.41, 5.74) is 0. The van der Waals surface area contributed by atoms with Gasteiger partial charge in [-0.1, -0.05) is 6.07 Å². The number of rotatable bonds is 6. The molecule has 0 radical (unpaired) electrons. The van der Waals surface area contributed by atoms with Crippen LogP contribution in [0.15, 0.2) is 21.7 Å². The zero-order valence-corrected chi connectivity index (χ0v) is 13.8. The number of hydrogen-bond donors (Lipinski definition) is 2. The van der Waals surface area contributed by atoms with Gasteiger partial charge in [0.25, 0.3) is 10.0 Å². The van der Waals surface area contributed by atoms with Gasteiger partial charge >= 0.3 is 0 Å². The maximum absolute atomic E-state index is 12.3. The fraction of sp³-hybridized carbons (Fsp3) is 0.615. The van der Waals surface area contributed by atoms with Crippen molar-refractivity contribution in [2.45, 2.75) is 23.6 Å². The van der Waals surface area contributed by atoms with Crippen molar-refractivity contribution in [3.05, 3.63) is 17.5 Å². The van der Waals surface area contributed by atoms with E-state index in [1.54, 1.807) is 23.3 Å².